The van der Waals surface area contributed by atoms with Crippen molar-refractivity contribution in [2.24, 2.45) is 0 Å². The van der Waals surface area contributed by atoms with Crippen molar-refractivity contribution < 1.29 is 9.53 Å². The number of ether oxygens (including phenoxy) is 1. The largest absolute Gasteiger partial charge is 0.497 e. The number of carbonyl (C=O) groups excluding carboxylic acids is 1. The molecule has 2 N–H and O–H groups in total. The second-order valence-electron chi connectivity index (χ2n) is 6.42. The lowest BCUT2D eigenvalue weighted by Gasteiger charge is -2.12. The SMILES string of the molecule is COc1cccc(CNC(=O)CSc2nc3[nH]ncc3c(=O)n2-c2ccccc2)c1. The van der Waals surface area contributed by atoms with Crippen LogP contribution in [-0.4, -0.2) is 38.5 Å². The number of methoxy groups -OCH3 is 1. The summed E-state index contributed by atoms with van der Waals surface area (Å²) in [6.07, 6.45) is 1.46. The molecule has 2 heterocycles. The van der Waals surface area contributed by atoms with E-state index in [0.29, 0.717) is 28.4 Å². The summed E-state index contributed by atoms with van der Waals surface area (Å²) in [5, 5.41) is 10.3. The summed E-state index contributed by atoms with van der Waals surface area (Å²) in [6.45, 7) is 0.384. The van der Waals surface area contributed by atoms with Gasteiger partial charge < -0.3 is 10.1 Å². The van der Waals surface area contributed by atoms with Crippen molar-refractivity contribution in [2.75, 3.05) is 12.9 Å². The van der Waals surface area contributed by atoms with Crippen LogP contribution in [0.15, 0.2) is 70.7 Å². The van der Waals surface area contributed by atoms with Crippen molar-refractivity contribution >= 4 is 28.7 Å². The Morgan fingerprint density at radius 3 is 2.83 bits per heavy atom. The molecular weight excluding hydrogens is 402 g/mol. The second-order valence-corrected chi connectivity index (χ2v) is 7.36. The van der Waals surface area contributed by atoms with Crippen LogP contribution in [0, 0.1) is 0 Å². The Morgan fingerprint density at radius 1 is 1.20 bits per heavy atom. The molecule has 4 aromatic rings. The van der Waals surface area contributed by atoms with Gasteiger partial charge in [-0.05, 0) is 29.8 Å². The molecule has 0 bridgehead atoms. The van der Waals surface area contributed by atoms with Crippen molar-refractivity contribution in [1.82, 2.24) is 25.1 Å². The average Bonchev–Trinajstić information content (AvgIpc) is 3.26. The van der Waals surface area contributed by atoms with Gasteiger partial charge in [0.1, 0.15) is 11.1 Å². The van der Waals surface area contributed by atoms with Gasteiger partial charge in [-0.3, -0.25) is 19.3 Å². The van der Waals surface area contributed by atoms with Crippen molar-refractivity contribution in [1.29, 1.82) is 0 Å². The number of hydrogen-bond donors (Lipinski definition) is 2. The summed E-state index contributed by atoms with van der Waals surface area (Å²) in [5.74, 6) is 0.685. The number of carbonyl (C=O) groups is 1. The number of benzene rings is 2. The van der Waals surface area contributed by atoms with Crippen molar-refractivity contribution in [3.05, 3.63) is 76.7 Å². The first kappa shape index (κ1) is 19.7. The maximum absolute atomic E-state index is 13.0. The molecule has 0 saturated carbocycles. The lowest BCUT2D eigenvalue weighted by atomic mass is 10.2. The number of aromatic nitrogens is 4. The van der Waals surface area contributed by atoms with Gasteiger partial charge in [-0.15, -0.1) is 0 Å². The number of fused-ring (bicyclic) bond motifs is 1. The van der Waals surface area contributed by atoms with Crippen LogP contribution in [0.2, 0.25) is 0 Å². The van der Waals surface area contributed by atoms with E-state index >= 15 is 0 Å². The number of nitrogens with zero attached hydrogens (tertiary/aromatic N) is 3. The van der Waals surface area contributed by atoms with Gasteiger partial charge in [-0.25, -0.2) is 4.98 Å². The van der Waals surface area contributed by atoms with Gasteiger partial charge in [0.25, 0.3) is 5.56 Å². The monoisotopic (exact) mass is 421 g/mol. The van der Waals surface area contributed by atoms with Gasteiger partial charge in [0.15, 0.2) is 10.8 Å². The van der Waals surface area contributed by atoms with E-state index in [-0.39, 0.29) is 17.2 Å². The molecule has 9 heteroatoms. The highest BCUT2D eigenvalue weighted by atomic mass is 32.2. The van der Waals surface area contributed by atoms with Crippen LogP contribution in [-0.2, 0) is 11.3 Å². The first-order valence-electron chi connectivity index (χ1n) is 9.19. The van der Waals surface area contributed by atoms with E-state index in [9.17, 15) is 9.59 Å². The molecule has 0 unspecified atom stereocenters. The standard InChI is InChI=1S/C21H19N5O3S/c1-29-16-9-5-6-14(10-16)11-22-18(27)13-30-21-24-19-17(12-23-25-19)20(28)26(21)15-7-3-2-4-8-15/h2-10,12H,11,13H2,1H3,(H,22,27)(H,23,25). The number of nitrogens with one attached hydrogen (secondary N) is 2. The van der Waals surface area contributed by atoms with Gasteiger partial charge >= 0.3 is 0 Å². The molecule has 1 amide bonds. The van der Waals surface area contributed by atoms with Crippen molar-refractivity contribution in [3.63, 3.8) is 0 Å². The van der Waals surface area contributed by atoms with Crippen LogP contribution in [0.3, 0.4) is 0 Å². The molecule has 0 saturated heterocycles. The Hall–Kier alpha value is -3.59. The normalized spacial score (nSPS) is 10.8. The van der Waals surface area contributed by atoms with E-state index in [0.717, 1.165) is 11.3 Å². The predicted octanol–water partition coefficient (Wildman–Crippen LogP) is 2.53. The van der Waals surface area contributed by atoms with Gasteiger partial charge in [0.2, 0.25) is 5.91 Å². The maximum Gasteiger partial charge on any atom is 0.269 e. The van der Waals surface area contributed by atoms with Gasteiger partial charge in [0, 0.05) is 6.54 Å². The van der Waals surface area contributed by atoms with Crippen LogP contribution in [0.1, 0.15) is 5.56 Å². The highest BCUT2D eigenvalue weighted by Crippen LogP contribution is 2.20. The Bertz CT molecular complexity index is 1240. The molecule has 0 aliphatic rings. The van der Waals surface area contributed by atoms with Crippen LogP contribution < -0.4 is 15.6 Å². The first-order valence-corrected chi connectivity index (χ1v) is 10.2. The zero-order valence-electron chi connectivity index (χ0n) is 16.2. The Kier molecular flexibility index (Phi) is 5.80. The number of H-pyrrole nitrogens is 1. The molecule has 0 aliphatic carbocycles. The van der Waals surface area contributed by atoms with Crippen LogP contribution >= 0.6 is 11.8 Å². The minimum absolute atomic E-state index is 0.114. The number of hydrogen-bond acceptors (Lipinski definition) is 6. The summed E-state index contributed by atoms with van der Waals surface area (Å²) in [6, 6.07) is 16.7. The molecule has 4 rings (SSSR count). The summed E-state index contributed by atoms with van der Waals surface area (Å²) < 4.78 is 6.69. The zero-order chi connectivity index (χ0) is 20.9. The fourth-order valence-electron chi connectivity index (χ4n) is 2.94. The van der Waals surface area contributed by atoms with E-state index in [1.54, 1.807) is 7.11 Å². The molecule has 0 fully saturated rings. The Balaban J connectivity index is 1.52. The van der Waals surface area contributed by atoms with Crippen LogP contribution in [0.4, 0.5) is 0 Å². The summed E-state index contributed by atoms with van der Waals surface area (Å²) in [4.78, 5) is 29.9. The number of rotatable bonds is 7. The third-order valence-electron chi connectivity index (χ3n) is 4.42. The molecule has 0 aliphatic heterocycles. The summed E-state index contributed by atoms with van der Waals surface area (Å²) >= 11 is 1.19. The summed E-state index contributed by atoms with van der Waals surface area (Å²) in [5.41, 5.74) is 1.77. The van der Waals surface area contributed by atoms with Crippen molar-refractivity contribution in [2.45, 2.75) is 11.7 Å². The number of para-hydroxylation sites is 1. The lowest BCUT2D eigenvalue weighted by molar-refractivity contribution is -0.118. The predicted molar refractivity (Wildman–Crippen MR) is 115 cm³/mol. The second kappa shape index (κ2) is 8.83. The molecule has 0 atom stereocenters. The van der Waals surface area contributed by atoms with Crippen LogP contribution in [0.5, 0.6) is 5.75 Å². The third-order valence-corrected chi connectivity index (χ3v) is 5.36. The number of thioether (sulfide) groups is 1. The summed E-state index contributed by atoms with van der Waals surface area (Å²) in [7, 11) is 1.60. The first-order chi connectivity index (χ1) is 14.7. The molecular formula is C21H19N5O3S. The molecule has 30 heavy (non-hydrogen) atoms. The average molecular weight is 421 g/mol. The topological polar surface area (TPSA) is 102 Å². The quantitative estimate of drug-likeness (QED) is 0.351. The van der Waals surface area contributed by atoms with E-state index in [1.807, 2.05) is 54.6 Å². The van der Waals surface area contributed by atoms with Gasteiger partial charge in [-0.2, -0.15) is 5.10 Å². The molecule has 0 spiro atoms. The molecule has 2 aromatic heterocycles. The highest BCUT2D eigenvalue weighted by Gasteiger charge is 2.15. The zero-order valence-corrected chi connectivity index (χ0v) is 17.0. The molecule has 152 valence electrons. The van der Waals surface area contributed by atoms with E-state index < -0.39 is 0 Å². The van der Waals surface area contributed by atoms with E-state index in [4.69, 9.17) is 4.74 Å². The molecule has 0 radical (unpaired) electrons. The lowest BCUT2D eigenvalue weighted by Crippen LogP contribution is -2.26. The number of amides is 1. The molecule has 8 nitrogen and oxygen atoms in total. The molecule has 2 aromatic carbocycles. The van der Waals surface area contributed by atoms with Crippen LogP contribution in [0.25, 0.3) is 16.7 Å². The minimum Gasteiger partial charge on any atom is -0.497 e. The minimum atomic E-state index is -0.237. The Morgan fingerprint density at radius 2 is 2.03 bits per heavy atom. The Labute approximate surface area is 176 Å². The van der Waals surface area contributed by atoms with Gasteiger partial charge in [-0.1, -0.05) is 42.1 Å². The fourth-order valence-corrected chi connectivity index (χ4v) is 3.78. The van der Waals surface area contributed by atoms with E-state index in [2.05, 4.69) is 20.5 Å². The highest BCUT2D eigenvalue weighted by molar-refractivity contribution is 7.99. The smallest absolute Gasteiger partial charge is 0.269 e. The number of aromatic amines is 1. The van der Waals surface area contributed by atoms with Crippen molar-refractivity contribution in [3.8, 4) is 11.4 Å². The maximum atomic E-state index is 13.0. The van der Waals surface area contributed by atoms with Gasteiger partial charge in [0.05, 0.1) is 24.7 Å². The van der Waals surface area contributed by atoms with E-state index in [1.165, 1.54) is 22.5 Å². The third kappa shape index (κ3) is 4.20. The fraction of sp³-hybridized carbons (Fsp3) is 0.143.